The first-order valence-electron chi connectivity index (χ1n) is 11.0. The molecule has 0 aliphatic rings. The SMILES string of the molecule is O=C(N/N=C\c1ccc(OC(=O)c2cccc3ccccc23)cc1)c1ccccc1-n1cccc1. The molecule has 0 unspecified atom stereocenters. The van der Waals surface area contributed by atoms with Crippen molar-refractivity contribution in [3.8, 4) is 11.4 Å². The zero-order chi connectivity index (χ0) is 24.0. The van der Waals surface area contributed by atoms with E-state index in [2.05, 4.69) is 10.5 Å². The van der Waals surface area contributed by atoms with Crippen molar-refractivity contribution in [3.05, 3.63) is 132 Å². The van der Waals surface area contributed by atoms with Gasteiger partial charge in [0.1, 0.15) is 5.75 Å². The molecule has 4 aromatic carbocycles. The topological polar surface area (TPSA) is 72.7 Å². The number of benzene rings is 4. The van der Waals surface area contributed by atoms with Gasteiger partial charge >= 0.3 is 5.97 Å². The molecule has 0 fully saturated rings. The molecule has 1 N–H and O–H groups in total. The van der Waals surface area contributed by atoms with Crippen LogP contribution in [0.2, 0.25) is 0 Å². The standard InChI is InChI=1S/C29H21N3O3/c33-28(26-11-3-4-13-27(26)32-18-5-6-19-32)31-30-20-21-14-16-23(17-15-21)35-29(34)25-12-7-9-22-8-1-2-10-24(22)25/h1-20H,(H,31,33)/b30-20-. The van der Waals surface area contributed by atoms with Crippen LogP contribution >= 0.6 is 0 Å². The second kappa shape index (κ2) is 9.89. The van der Waals surface area contributed by atoms with Crippen molar-refractivity contribution in [2.75, 3.05) is 0 Å². The van der Waals surface area contributed by atoms with E-state index in [-0.39, 0.29) is 5.91 Å². The lowest BCUT2D eigenvalue weighted by Crippen LogP contribution is -2.19. The van der Waals surface area contributed by atoms with Crippen LogP contribution in [-0.2, 0) is 0 Å². The number of amides is 1. The molecule has 0 spiro atoms. The predicted molar refractivity (Wildman–Crippen MR) is 136 cm³/mol. The summed E-state index contributed by atoms with van der Waals surface area (Å²) in [5.41, 5.74) is 5.10. The number of hydrogen-bond donors (Lipinski definition) is 1. The van der Waals surface area contributed by atoms with E-state index in [1.807, 2.05) is 83.7 Å². The molecule has 6 heteroatoms. The molecule has 6 nitrogen and oxygen atoms in total. The van der Waals surface area contributed by atoms with Crippen LogP contribution in [0.4, 0.5) is 0 Å². The monoisotopic (exact) mass is 459 g/mol. The van der Waals surface area contributed by atoms with Gasteiger partial charge in [-0.2, -0.15) is 5.10 Å². The highest BCUT2D eigenvalue weighted by atomic mass is 16.5. The summed E-state index contributed by atoms with van der Waals surface area (Å²) in [4.78, 5) is 25.4. The van der Waals surface area contributed by atoms with Gasteiger partial charge in [0.15, 0.2) is 0 Å². The fraction of sp³-hybridized carbons (Fsp3) is 0. The van der Waals surface area contributed by atoms with Gasteiger partial charge in [-0.15, -0.1) is 0 Å². The quantitative estimate of drug-likeness (QED) is 0.155. The Labute approximate surface area is 202 Å². The molecule has 1 amide bonds. The first-order valence-corrected chi connectivity index (χ1v) is 11.0. The Bertz CT molecular complexity index is 1520. The summed E-state index contributed by atoms with van der Waals surface area (Å²) in [6, 6.07) is 31.2. The van der Waals surface area contributed by atoms with Crippen LogP contribution in [0, 0.1) is 0 Å². The van der Waals surface area contributed by atoms with Gasteiger partial charge < -0.3 is 9.30 Å². The molecule has 0 aliphatic heterocycles. The second-order valence-corrected chi connectivity index (χ2v) is 7.79. The maximum absolute atomic E-state index is 12.7. The number of ether oxygens (including phenoxy) is 1. The van der Waals surface area contributed by atoms with Gasteiger partial charge in [-0.25, -0.2) is 10.2 Å². The number of nitrogens with one attached hydrogen (secondary N) is 1. The summed E-state index contributed by atoms with van der Waals surface area (Å²) < 4.78 is 7.43. The summed E-state index contributed by atoms with van der Waals surface area (Å²) in [6.45, 7) is 0. The van der Waals surface area contributed by atoms with Crippen molar-refractivity contribution >= 4 is 28.9 Å². The predicted octanol–water partition coefficient (Wildman–Crippen LogP) is 5.61. The average molecular weight is 460 g/mol. The molecule has 0 bridgehead atoms. The number of hydrogen-bond acceptors (Lipinski definition) is 4. The second-order valence-electron chi connectivity index (χ2n) is 7.79. The van der Waals surface area contributed by atoms with Crippen molar-refractivity contribution in [2.24, 2.45) is 5.10 Å². The molecule has 35 heavy (non-hydrogen) atoms. The Morgan fingerprint density at radius 3 is 2.26 bits per heavy atom. The minimum Gasteiger partial charge on any atom is -0.423 e. The third-order valence-electron chi connectivity index (χ3n) is 5.51. The van der Waals surface area contributed by atoms with Crippen molar-refractivity contribution < 1.29 is 14.3 Å². The lowest BCUT2D eigenvalue weighted by molar-refractivity contribution is 0.0736. The van der Waals surface area contributed by atoms with Gasteiger partial charge in [-0.3, -0.25) is 4.79 Å². The maximum atomic E-state index is 12.7. The molecule has 1 aromatic heterocycles. The molecule has 0 saturated heterocycles. The molecule has 0 atom stereocenters. The molecular weight excluding hydrogens is 438 g/mol. The third-order valence-corrected chi connectivity index (χ3v) is 5.51. The summed E-state index contributed by atoms with van der Waals surface area (Å²) in [5, 5.41) is 5.89. The van der Waals surface area contributed by atoms with Crippen LogP contribution in [0.25, 0.3) is 16.5 Å². The van der Waals surface area contributed by atoms with Gasteiger partial charge in [0, 0.05) is 12.4 Å². The van der Waals surface area contributed by atoms with E-state index in [0.717, 1.165) is 22.0 Å². The largest absolute Gasteiger partial charge is 0.423 e. The van der Waals surface area contributed by atoms with Crippen LogP contribution < -0.4 is 10.2 Å². The summed E-state index contributed by atoms with van der Waals surface area (Å²) in [6.07, 6.45) is 5.29. The van der Waals surface area contributed by atoms with E-state index in [4.69, 9.17) is 4.74 Å². The van der Waals surface area contributed by atoms with E-state index in [0.29, 0.717) is 16.9 Å². The molecule has 1 heterocycles. The first kappa shape index (κ1) is 21.9. The van der Waals surface area contributed by atoms with E-state index >= 15 is 0 Å². The number of esters is 1. The Balaban J connectivity index is 1.23. The van der Waals surface area contributed by atoms with Crippen molar-refractivity contribution in [1.82, 2.24) is 9.99 Å². The number of rotatable bonds is 6. The highest BCUT2D eigenvalue weighted by Crippen LogP contribution is 2.21. The van der Waals surface area contributed by atoms with Crippen LogP contribution in [0.15, 0.2) is 121 Å². The van der Waals surface area contributed by atoms with Gasteiger partial charge in [-0.1, -0.05) is 48.5 Å². The van der Waals surface area contributed by atoms with Gasteiger partial charge in [0.05, 0.1) is 23.0 Å². The lowest BCUT2D eigenvalue weighted by atomic mass is 10.0. The minimum absolute atomic E-state index is 0.314. The van der Waals surface area contributed by atoms with Crippen LogP contribution in [0.3, 0.4) is 0 Å². The Morgan fingerprint density at radius 2 is 1.43 bits per heavy atom. The lowest BCUT2D eigenvalue weighted by Gasteiger charge is -2.09. The number of nitrogens with zero attached hydrogens (tertiary/aromatic N) is 2. The number of para-hydroxylation sites is 1. The molecule has 5 aromatic rings. The fourth-order valence-electron chi connectivity index (χ4n) is 3.80. The molecule has 0 saturated carbocycles. The number of fused-ring (bicyclic) bond motifs is 1. The summed E-state index contributed by atoms with van der Waals surface area (Å²) >= 11 is 0. The van der Waals surface area contributed by atoms with E-state index in [9.17, 15) is 9.59 Å². The zero-order valence-corrected chi connectivity index (χ0v) is 18.7. The first-order chi connectivity index (χ1) is 17.2. The number of carbonyl (C=O) groups excluding carboxylic acids is 2. The van der Waals surface area contributed by atoms with Gasteiger partial charge in [0.2, 0.25) is 0 Å². The molecule has 0 aliphatic carbocycles. The Kier molecular flexibility index (Phi) is 6.17. The number of aromatic nitrogens is 1. The molecule has 5 rings (SSSR count). The van der Waals surface area contributed by atoms with Crippen molar-refractivity contribution in [1.29, 1.82) is 0 Å². The maximum Gasteiger partial charge on any atom is 0.344 e. The zero-order valence-electron chi connectivity index (χ0n) is 18.7. The third kappa shape index (κ3) is 4.86. The highest BCUT2D eigenvalue weighted by Gasteiger charge is 2.13. The summed E-state index contributed by atoms with van der Waals surface area (Å²) in [7, 11) is 0. The van der Waals surface area contributed by atoms with Crippen LogP contribution in [0.1, 0.15) is 26.3 Å². The number of carbonyl (C=O) groups is 2. The Morgan fingerprint density at radius 1 is 0.743 bits per heavy atom. The van der Waals surface area contributed by atoms with Crippen LogP contribution in [-0.4, -0.2) is 22.7 Å². The smallest absolute Gasteiger partial charge is 0.344 e. The molecular formula is C29H21N3O3. The van der Waals surface area contributed by atoms with Gasteiger partial charge in [-0.05, 0) is 70.9 Å². The van der Waals surface area contributed by atoms with Crippen molar-refractivity contribution in [2.45, 2.75) is 0 Å². The van der Waals surface area contributed by atoms with E-state index in [1.165, 1.54) is 6.21 Å². The Hall–Kier alpha value is -4.97. The van der Waals surface area contributed by atoms with E-state index in [1.54, 1.807) is 36.4 Å². The summed E-state index contributed by atoms with van der Waals surface area (Å²) in [5.74, 6) is -0.312. The highest BCUT2D eigenvalue weighted by molar-refractivity contribution is 6.05. The molecule has 170 valence electrons. The van der Waals surface area contributed by atoms with E-state index < -0.39 is 5.97 Å². The fourth-order valence-corrected chi connectivity index (χ4v) is 3.80. The average Bonchev–Trinajstić information content (AvgIpc) is 3.44. The number of hydrazone groups is 1. The minimum atomic E-state index is -0.420. The normalized spacial score (nSPS) is 11.0. The van der Waals surface area contributed by atoms with Crippen molar-refractivity contribution in [3.63, 3.8) is 0 Å². The van der Waals surface area contributed by atoms with Crippen LogP contribution in [0.5, 0.6) is 5.75 Å². The van der Waals surface area contributed by atoms with Gasteiger partial charge in [0.25, 0.3) is 5.91 Å². The molecule has 0 radical (unpaired) electrons.